The van der Waals surface area contributed by atoms with Crippen LogP contribution in [0.2, 0.25) is 0 Å². The van der Waals surface area contributed by atoms with Crippen LogP contribution in [0.15, 0.2) is 109 Å². The number of aliphatic carboxylic acids is 1. The van der Waals surface area contributed by atoms with Crippen LogP contribution in [0.25, 0.3) is 0 Å². The number of aliphatic hydroxyl groups is 1. The van der Waals surface area contributed by atoms with Crippen LogP contribution in [0, 0.1) is 0 Å². The summed E-state index contributed by atoms with van der Waals surface area (Å²) in [7, 11) is -4.80. The van der Waals surface area contributed by atoms with E-state index in [0.717, 1.165) is 64.2 Å². The predicted octanol–water partition coefficient (Wildman–Crippen LogP) is 10.0. The zero-order valence-corrected chi connectivity index (χ0v) is 36.3. The molecule has 0 spiro atoms. The van der Waals surface area contributed by atoms with Crippen molar-refractivity contribution in [1.29, 1.82) is 0 Å². The number of esters is 2. The third-order valence-electron chi connectivity index (χ3n) is 8.12. The number of phosphoric ester groups is 1. The molecule has 0 fully saturated rings. The van der Waals surface area contributed by atoms with E-state index in [-0.39, 0.29) is 19.3 Å². The highest BCUT2D eigenvalue weighted by atomic mass is 31.2. The maximum atomic E-state index is 12.6. The van der Waals surface area contributed by atoms with E-state index in [1.54, 1.807) is 12.2 Å². The van der Waals surface area contributed by atoms with Crippen molar-refractivity contribution in [1.82, 2.24) is 0 Å². The summed E-state index contributed by atoms with van der Waals surface area (Å²) in [6.07, 6.45) is 47.8. The van der Waals surface area contributed by atoms with E-state index >= 15 is 0 Å². The van der Waals surface area contributed by atoms with Gasteiger partial charge in [0.05, 0.1) is 19.3 Å². The Morgan fingerprint density at radius 2 is 1.14 bits per heavy atom. The van der Waals surface area contributed by atoms with E-state index < -0.39 is 63.8 Å². The van der Waals surface area contributed by atoms with E-state index in [4.69, 9.17) is 24.8 Å². The van der Waals surface area contributed by atoms with E-state index in [2.05, 4.69) is 97.4 Å². The molecule has 0 aliphatic rings. The molecule has 332 valence electrons. The number of allylic oxidation sites excluding steroid dienone is 17. The normalized spacial score (nSPS) is 15.3. The van der Waals surface area contributed by atoms with E-state index in [0.29, 0.717) is 6.42 Å². The van der Waals surface area contributed by atoms with Gasteiger partial charge in [-0.2, -0.15) is 0 Å². The highest BCUT2D eigenvalue weighted by Crippen LogP contribution is 2.43. The summed E-state index contributed by atoms with van der Waals surface area (Å²) in [5, 5.41) is 19.2. The largest absolute Gasteiger partial charge is 0.480 e. The number of ether oxygens (including phenoxy) is 2. The Labute approximate surface area is 353 Å². The Kier molecular flexibility index (Phi) is 36.9. The van der Waals surface area contributed by atoms with Crippen LogP contribution in [0.5, 0.6) is 0 Å². The SMILES string of the molecule is CC/C=C\C/C=C\C/C=C\C/C=C\C/C=C\C=C/C(O)CCC(=O)O[C@H](COC(=O)CCCC/C=C\C/C=C\C/C=C\CCCCC)COP(=O)(O)OC[C@H](N)C(=O)O. The van der Waals surface area contributed by atoms with Crippen molar-refractivity contribution in [2.45, 2.75) is 141 Å². The number of carboxylic acids is 1. The lowest BCUT2D eigenvalue weighted by Crippen LogP contribution is -2.34. The zero-order chi connectivity index (χ0) is 43.7. The smallest absolute Gasteiger partial charge is 0.472 e. The minimum Gasteiger partial charge on any atom is -0.480 e. The summed E-state index contributed by atoms with van der Waals surface area (Å²) in [4.78, 5) is 45.9. The summed E-state index contributed by atoms with van der Waals surface area (Å²) in [6, 6.07) is -1.57. The first-order valence-electron chi connectivity index (χ1n) is 21.0. The molecule has 0 aliphatic carbocycles. The minimum absolute atomic E-state index is 0.0311. The van der Waals surface area contributed by atoms with Gasteiger partial charge in [-0.25, -0.2) is 4.57 Å². The molecule has 0 bridgehead atoms. The Hall–Kier alpha value is -3.90. The maximum Gasteiger partial charge on any atom is 0.472 e. The molecule has 59 heavy (non-hydrogen) atoms. The van der Waals surface area contributed by atoms with Crippen molar-refractivity contribution in [2.24, 2.45) is 5.73 Å². The molecule has 0 saturated carbocycles. The molecule has 0 saturated heterocycles. The number of carbonyl (C=O) groups is 3. The van der Waals surface area contributed by atoms with Crippen molar-refractivity contribution >= 4 is 25.7 Å². The first-order valence-corrected chi connectivity index (χ1v) is 22.5. The number of phosphoric acid groups is 1. The van der Waals surface area contributed by atoms with Gasteiger partial charge in [-0.3, -0.25) is 23.4 Å². The quantitative estimate of drug-likeness (QED) is 0.0152. The van der Waals surface area contributed by atoms with E-state index in [1.807, 2.05) is 12.2 Å². The second kappa shape index (κ2) is 39.6. The molecule has 0 radical (unpaired) electrons. The molecule has 5 N–H and O–H groups in total. The van der Waals surface area contributed by atoms with Gasteiger partial charge in [0, 0.05) is 12.8 Å². The summed E-state index contributed by atoms with van der Waals surface area (Å²) in [6.45, 7) is 2.34. The van der Waals surface area contributed by atoms with Crippen molar-refractivity contribution in [3.8, 4) is 0 Å². The Bertz CT molecular complexity index is 1430. The second-order valence-corrected chi connectivity index (χ2v) is 15.0. The van der Waals surface area contributed by atoms with Crippen LogP contribution < -0.4 is 5.73 Å². The number of carboxylic acid groups (broad SMARTS) is 1. The summed E-state index contributed by atoms with van der Waals surface area (Å²) >= 11 is 0. The number of carbonyl (C=O) groups excluding carboxylic acids is 2. The third kappa shape index (κ3) is 39.3. The first kappa shape index (κ1) is 55.1. The highest BCUT2D eigenvalue weighted by molar-refractivity contribution is 7.47. The summed E-state index contributed by atoms with van der Waals surface area (Å²) in [5.74, 6) is -2.76. The highest BCUT2D eigenvalue weighted by Gasteiger charge is 2.28. The number of aliphatic hydroxyl groups excluding tert-OH is 1. The zero-order valence-electron chi connectivity index (χ0n) is 35.4. The van der Waals surface area contributed by atoms with Crippen molar-refractivity contribution in [3.05, 3.63) is 109 Å². The van der Waals surface area contributed by atoms with Gasteiger partial charge >= 0.3 is 25.7 Å². The summed E-state index contributed by atoms with van der Waals surface area (Å²) < 4.78 is 32.4. The number of nitrogens with two attached hydrogens (primary N) is 1. The molecule has 0 aliphatic heterocycles. The molecule has 0 aromatic rings. The molecular weight excluding hydrogens is 773 g/mol. The van der Waals surface area contributed by atoms with Crippen molar-refractivity contribution in [3.63, 3.8) is 0 Å². The van der Waals surface area contributed by atoms with Gasteiger partial charge in [0.1, 0.15) is 12.6 Å². The molecule has 0 rings (SSSR count). The fourth-order valence-electron chi connectivity index (χ4n) is 4.77. The lowest BCUT2D eigenvalue weighted by Gasteiger charge is -2.20. The standard InChI is InChI=1S/C46H72NO11P/c1-3-5-7-9-11-13-15-17-19-21-22-24-26-28-30-32-34-41(48)36-37-45(50)58-42(39-56-59(53,54)57-40-43(47)46(51)52)38-55-44(49)35-33-31-29-27-25-23-20-18-16-14-12-10-8-6-4-2/h5,7,11-14,17-20,22,24-25,27-28,30,32,34,41-43,48H,3-4,6,8-10,15-16,21,23,26,29,31,33,35-40,47H2,1-2H3,(H,51,52)(H,53,54)/b7-5-,13-11-,14-12-,19-17-,20-18-,24-22-,27-25-,30-28-,34-32-/t41?,42-,43+/m1/s1. The monoisotopic (exact) mass is 845 g/mol. The fraction of sp³-hybridized carbons (Fsp3) is 0.543. The Balaban J connectivity index is 4.72. The molecule has 0 amide bonds. The van der Waals surface area contributed by atoms with Crippen LogP contribution in [0.4, 0.5) is 0 Å². The van der Waals surface area contributed by atoms with Gasteiger partial charge in [-0.1, -0.05) is 136 Å². The van der Waals surface area contributed by atoms with Crippen molar-refractivity contribution in [2.75, 3.05) is 19.8 Å². The first-order chi connectivity index (χ1) is 28.5. The summed E-state index contributed by atoms with van der Waals surface area (Å²) in [5.41, 5.74) is 5.31. The predicted molar refractivity (Wildman–Crippen MR) is 236 cm³/mol. The van der Waals surface area contributed by atoms with Crippen molar-refractivity contribution < 1.29 is 52.6 Å². The van der Waals surface area contributed by atoms with Crippen LogP contribution in [0.1, 0.15) is 123 Å². The molecule has 0 heterocycles. The second-order valence-electron chi connectivity index (χ2n) is 13.6. The van der Waals surface area contributed by atoms with Crippen LogP contribution in [-0.4, -0.2) is 71.1 Å². The Morgan fingerprint density at radius 1 is 0.627 bits per heavy atom. The molecule has 4 atom stereocenters. The van der Waals surface area contributed by atoms with Crippen LogP contribution in [0.3, 0.4) is 0 Å². The topological polar surface area (TPSA) is 192 Å². The van der Waals surface area contributed by atoms with Gasteiger partial charge in [0.2, 0.25) is 0 Å². The molecule has 12 nitrogen and oxygen atoms in total. The maximum absolute atomic E-state index is 12.6. The molecule has 2 unspecified atom stereocenters. The Morgan fingerprint density at radius 3 is 1.68 bits per heavy atom. The van der Waals surface area contributed by atoms with Gasteiger partial charge in [-0.15, -0.1) is 0 Å². The van der Waals surface area contributed by atoms with Gasteiger partial charge in [0.25, 0.3) is 0 Å². The molecule has 13 heteroatoms. The van der Waals surface area contributed by atoms with Gasteiger partial charge in [0.15, 0.2) is 6.10 Å². The average Bonchev–Trinajstić information content (AvgIpc) is 3.21. The third-order valence-corrected chi connectivity index (χ3v) is 9.07. The average molecular weight is 846 g/mol. The molecule has 0 aromatic carbocycles. The molecular formula is C46H72NO11P. The number of hydrogen-bond donors (Lipinski definition) is 4. The fourth-order valence-corrected chi connectivity index (χ4v) is 5.55. The number of hydrogen-bond acceptors (Lipinski definition) is 10. The van der Waals surface area contributed by atoms with Gasteiger partial charge in [-0.05, 0) is 83.5 Å². The molecule has 0 aromatic heterocycles. The number of rotatable bonds is 37. The van der Waals surface area contributed by atoms with E-state index in [1.165, 1.54) is 25.3 Å². The lowest BCUT2D eigenvalue weighted by molar-refractivity contribution is -0.161. The van der Waals surface area contributed by atoms with Crippen LogP contribution >= 0.6 is 7.82 Å². The lowest BCUT2D eigenvalue weighted by atomic mass is 10.1. The van der Waals surface area contributed by atoms with Gasteiger partial charge < -0.3 is 30.3 Å². The van der Waals surface area contributed by atoms with Crippen LogP contribution in [-0.2, 0) is 37.5 Å². The number of unbranched alkanes of at least 4 members (excludes halogenated alkanes) is 5. The van der Waals surface area contributed by atoms with E-state index in [9.17, 15) is 28.9 Å². The minimum atomic E-state index is -4.80.